The third kappa shape index (κ3) is 8.95. The predicted molar refractivity (Wildman–Crippen MR) is 214 cm³/mol. The second-order valence-corrected chi connectivity index (χ2v) is 16.6. The first-order valence-corrected chi connectivity index (χ1v) is 20.8. The lowest BCUT2D eigenvalue weighted by atomic mass is 9.92. The quantitative estimate of drug-likeness (QED) is 0.110. The van der Waals surface area contributed by atoms with Gasteiger partial charge in [-0.05, 0) is 136 Å². The summed E-state index contributed by atoms with van der Waals surface area (Å²) in [5.41, 5.74) is 7.48. The van der Waals surface area contributed by atoms with Crippen LogP contribution in [0.3, 0.4) is 0 Å². The van der Waals surface area contributed by atoms with Crippen LogP contribution in [0, 0.1) is 55.4 Å². The SMILES string of the molecule is Cc1cccc(C)c1OP(=O)(OC1=CCC(c2ccc(OP(=O)(Oc3c(C)cccc3C)Oc3c(C)cccc3C)cc2)C=C1)Oc1c(C)cccc1C. The minimum Gasteiger partial charge on any atom is -0.386 e. The van der Waals surface area contributed by atoms with E-state index in [0.717, 1.165) is 50.1 Å². The number of hydrogen-bond acceptors (Lipinski definition) is 8. The molecule has 1 aliphatic carbocycles. The van der Waals surface area contributed by atoms with Crippen LogP contribution in [0.25, 0.3) is 0 Å². The molecular formula is C44H46O8P2. The molecule has 0 aromatic heterocycles. The Bertz CT molecular complexity index is 2130. The zero-order valence-corrected chi connectivity index (χ0v) is 33.7. The maximum absolute atomic E-state index is 14.4. The Balaban J connectivity index is 1.20. The van der Waals surface area contributed by atoms with E-state index in [4.69, 9.17) is 27.1 Å². The molecule has 5 aromatic rings. The second kappa shape index (κ2) is 16.1. The van der Waals surface area contributed by atoms with Crippen molar-refractivity contribution in [2.45, 2.75) is 67.7 Å². The van der Waals surface area contributed by atoms with E-state index in [1.54, 1.807) is 18.2 Å². The van der Waals surface area contributed by atoms with Crippen molar-refractivity contribution in [1.29, 1.82) is 0 Å². The Morgan fingerprint density at radius 3 is 1.09 bits per heavy atom. The molecule has 1 unspecified atom stereocenters. The smallest absolute Gasteiger partial charge is 0.386 e. The normalized spacial score (nSPS) is 14.2. The molecule has 0 aliphatic heterocycles. The molecule has 0 N–H and O–H groups in total. The second-order valence-electron chi connectivity index (χ2n) is 13.7. The lowest BCUT2D eigenvalue weighted by Gasteiger charge is -2.25. The van der Waals surface area contributed by atoms with Crippen molar-refractivity contribution in [1.82, 2.24) is 0 Å². The molecule has 1 atom stereocenters. The summed E-state index contributed by atoms with van der Waals surface area (Å²) in [5, 5.41) is 0. The van der Waals surface area contributed by atoms with E-state index in [9.17, 15) is 9.13 Å². The summed E-state index contributed by atoms with van der Waals surface area (Å²) in [6.45, 7) is 15.1. The number of para-hydroxylation sites is 4. The lowest BCUT2D eigenvalue weighted by molar-refractivity contribution is 0.259. The van der Waals surface area contributed by atoms with Gasteiger partial charge in [-0.1, -0.05) is 91.0 Å². The molecule has 10 heteroatoms. The topological polar surface area (TPSA) is 89.5 Å². The van der Waals surface area contributed by atoms with Crippen LogP contribution in [0.2, 0.25) is 0 Å². The predicted octanol–water partition coefficient (Wildman–Crippen LogP) is 13.0. The van der Waals surface area contributed by atoms with Crippen molar-refractivity contribution in [3.8, 4) is 28.7 Å². The van der Waals surface area contributed by atoms with E-state index in [-0.39, 0.29) is 5.92 Å². The van der Waals surface area contributed by atoms with Crippen molar-refractivity contribution in [2.75, 3.05) is 0 Å². The van der Waals surface area contributed by atoms with Gasteiger partial charge in [0.1, 0.15) is 34.5 Å². The number of phosphoric ester groups is 2. The molecule has 54 heavy (non-hydrogen) atoms. The summed E-state index contributed by atoms with van der Waals surface area (Å²) < 4.78 is 65.5. The summed E-state index contributed by atoms with van der Waals surface area (Å²) in [5.74, 6) is 2.49. The minimum absolute atomic E-state index is 0.0200. The number of aryl methyl sites for hydroxylation is 8. The summed E-state index contributed by atoms with van der Waals surface area (Å²) in [6.07, 6.45) is 6.18. The van der Waals surface area contributed by atoms with Crippen molar-refractivity contribution >= 4 is 15.6 Å². The fourth-order valence-electron chi connectivity index (χ4n) is 6.28. The van der Waals surface area contributed by atoms with Gasteiger partial charge in [0.05, 0.1) is 0 Å². The van der Waals surface area contributed by atoms with Crippen LogP contribution in [-0.4, -0.2) is 0 Å². The number of phosphoric acid groups is 2. The van der Waals surface area contributed by atoms with E-state index in [1.165, 1.54) is 0 Å². The average molecular weight is 765 g/mol. The largest absolute Gasteiger partial charge is 0.647 e. The number of hydrogen-bond donors (Lipinski definition) is 0. The van der Waals surface area contributed by atoms with Crippen LogP contribution < -0.4 is 22.6 Å². The molecule has 0 heterocycles. The van der Waals surface area contributed by atoms with Crippen LogP contribution in [-0.2, 0) is 13.7 Å². The van der Waals surface area contributed by atoms with Gasteiger partial charge in [0.2, 0.25) is 0 Å². The van der Waals surface area contributed by atoms with Gasteiger partial charge >= 0.3 is 15.6 Å². The first-order valence-electron chi connectivity index (χ1n) is 17.8. The van der Waals surface area contributed by atoms with Crippen LogP contribution in [0.5, 0.6) is 28.7 Å². The van der Waals surface area contributed by atoms with Gasteiger partial charge in [-0.3, -0.25) is 0 Å². The van der Waals surface area contributed by atoms with Crippen LogP contribution in [0.1, 0.15) is 62.4 Å². The first kappa shape index (κ1) is 38.6. The molecule has 0 saturated carbocycles. The van der Waals surface area contributed by atoms with Gasteiger partial charge in [-0.25, -0.2) is 0 Å². The zero-order valence-electron chi connectivity index (χ0n) is 31.9. The van der Waals surface area contributed by atoms with E-state index in [1.807, 2.05) is 152 Å². The molecule has 1 aliphatic rings. The van der Waals surface area contributed by atoms with Crippen LogP contribution in [0.4, 0.5) is 0 Å². The highest BCUT2D eigenvalue weighted by Crippen LogP contribution is 2.55. The van der Waals surface area contributed by atoms with Gasteiger partial charge in [0.15, 0.2) is 0 Å². The molecule has 8 nitrogen and oxygen atoms in total. The van der Waals surface area contributed by atoms with Crippen molar-refractivity contribution in [2.24, 2.45) is 0 Å². The molecule has 280 valence electrons. The van der Waals surface area contributed by atoms with Gasteiger partial charge in [0, 0.05) is 5.92 Å². The highest BCUT2D eigenvalue weighted by Gasteiger charge is 2.37. The van der Waals surface area contributed by atoms with E-state index in [2.05, 4.69) is 0 Å². The maximum Gasteiger partial charge on any atom is 0.647 e. The Kier molecular flexibility index (Phi) is 11.5. The molecule has 6 rings (SSSR count). The Hall–Kier alpha value is -5.16. The third-order valence-electron chi connectivity index (χ3n) is 9.26. The van der Waals surface area contributed by atoms with Gasteiger partial charge in [0.25, 0.3) is 0 Å². The highest BCUT2D eigenvalue weighted by atomic mass is 31.2. The molecule has 5 aromatic carbocycles. The molecule has 0 spiro atoms. The fraction of sp³-hybridized carbons (Fsp3) is 0.227. The zero-order chi connectivity index (χ0) is 38.6. The van der Waals surface area contributed by atoms with Gasteiger partial charge in [-0.15, -0.1) is 0 Å². The van der Waals surface area contributed by atoms with Crippen molar-refractivity contribution < 1.29 is 36.3 Å². The standard InChI is InChI=1S/C44H46O8P2/c1-29-13-9-14-30(2)41(29)49-53(45,50-42-31(3)15-10-16-32(42)4)47-39-25-21-37(22-26-39)38-23-27-40(28-24-38)48-54(46,51-43-33(5)17-11-18-34(43)6)52-44-35(7)19-12-20-36(44)8/h9-23,25-28,38H,24H2,1-8H3. The molecule has 0 amide bonds. The van der Waals surface area contributed by atoms with Crippen molar-refractivity contribution in [3.05, 3.63) is 171 Å². The highest BCUT2D eigenvalue weighted by molar-refractivity contribution is 7.50. The van der Waals surface area contributed by atoms with E-state index in [0.29, 0.717) is 40.9 Å². The molecule has 0 fully saturated rings. The minimum atomic E-state index is -4.22. The first-order chi connectivity index (χ1) is 25.7. The number of allylic oxidation sites excluding steroid dienone is 3. The third-order valence-corrected chi connectivity index (χ3v) is 11.7. The average Bonchev–Trinajstić information content (AvgIpc) is 3.12. The monoisotopic (exact) mass is 764 g/mol. The Labute approximate surface area is 318 Å². The van der Waals surface area contributed by atoms with Gasteiger partial charge < -0.3 is 27.1 Å². The van der Waals surface area contributed by atoms with Crippen LogP contribution >= 0.6 is 15.6 Å². The number of benzene rings is 5. The molecule has 0 bridgehead atoms. The van der Waals surface area contributed by atoms with Gasteiger partial charge in [-0.2, -0.15) is 9.13 Å². The summed E-state index contributed by atoms with van der Waals surface area (Å²) >= 11 is 0. The molecule has 0 radical (unpaired) electrons. The summed E-state index contributed by atoms with van der Waals surface area (Å²) in [6, 6.07) is 30.1. The lowest BCUT2D eigenvalue weighted by Crippen LogP contribution is -2.10. The molecule has 0 saturated heterocycles. The Morgan fingerprint density at radius 1 is 0.444 bits per heavy atom. The summed E-state index contributed by atoms with van der Waals surface area (Å²) in [4.78, 5) is 0. The van der Waals surface area contributed by atoms with E-state index >= 15 is 0 Å². The van der Waals surface area contributed by atoms with E-state index < -0.39 is 15.6 Å². The van der Waals surface area contributed by atoms with Crippen LogP contribution in [0.15, 0.2) is 121 Å². The molecular weight excluding hydrogens is 718 g/mol. The van der Waals surface area contributed by atoms with Crippen molar-refractivity contribution in [3.63, 3.8) is 0 Å². The maximum atomic E-state index is 14.4. The Morgan fingerprint density at radius 2 is 0.778 bits per heavy atom. The number of rotatable bonds is 13. The summed E-state index contributed by atoms with van der Waals surface area (Å²) in [7, 11) is -8.43. The fourth-order valence-corrected chi connectivity index (χ4v) is 9.32.